The van der Waals surface area contributed by atoms with E-state index in [1.807, 2.05) is 26.1 Å². The number of amides is 1. The zero-order valence-corrected chi connectivity index (χ0v) is 18.9. The van der Waals surface area contributed by atoms with E-state index in [0.717, 1.165) is 43.3 Å². The van der Waals surface area contributed by atoms with Gasteiger partial charge in [0.1, 0.15) is 5.75 Å². The molecule has 2 aromatic carbocycles. The molecule has 3 rings (SSSR count). The second-order valence-electron chi connectivity index (χ2n) is 8.63. The summed E-state index contributed by atoms with van der Waals surface area (Å²) in [4.78, 5) is 16.9. The Morgan fingerprint density at radius 2 is 2.00 bits per heavy atom. The molecule has 0 aliphatic carbocycles. The molecule has 4 nitrogen and oxygen atoms in total. The van der Waals surface area contributed by atoms with Crippen LogP contribution in [0.25, 0.3) is 0 Å². The number of piperidine rings is 1. The number of aryl methyl sites for hydroxylation is 1. The van der Waals surface area contributed by atoms with Gasteiger partial charge in [0.15, 0.2) is 0 Å². The van der Waals surface area contributed by atoms with Crippen LogP contribution in [0.5, 0.6) is 5.75 Å². The zero-order valence-electron chi connectivity index (χ0n) is 18.9. The Balaban J connectivity index is 1.53. The lowest BCUT2D eigenvalue weighted by molar-refractivity contribution is -0.137. The summed E-state index contributed by atoms with van der Waals surface area (Å²) >= 11 is 0. The Kier molecular flexibility index (Phi) is 7.82. The van der Waals surface area contributed by atoms with Gasteiger partial charge in [0.25, 0.3) is 5.91 Å². The maximum Gasteiger partial charge on any atom is 0.416 e. The molecule has 1 saturated heterocycles. The van der Waals surface area contributed by atoms with Crippen LogP contribution in [0.4, 0.5) is 13.2 Å². The highest BCUT2D eigenvalue weighted by molar-refractivity contribution is 5.94. The van der Waals surface area contributed by atoms with Crippen molar-refractivity contribution in [2.75, 3.05) is 40.3 Å². The van der Waals surface area contributed by atoms with E-state index in [4.69, 9.17) is 4.74 Å². The SMILES string of the molecule is COc1ccc(C(=O)N(C)CC2CCCN(CCc3cccc(C(F)(F)F)c3)C2)cc1C. The molecular weight excluding hydrogens is 417 g/mol. The van der Waals surface area contributed by atoms with E-state index in [1.165, 1.54) is 12.1 Å². The Labute approximate surface area is 188 Å². The van der Waals surface area contributed by atoms with E-state index in [-0.39, 0.29) is 5.91 Å². The van der Waals surface area contributed by atoms with Crippen molar-refractivity contribution < 1.29 is 22.7 Å². The molecule has 0 bridgehead atoms. The molecule has 1 amide bonds. The van der Waals surface area contributed by atoms with E-state index in [9.17, 15) is 18.0 Å². The Morgan fingerprint density at radius 1 is 1.22 bits per heavy atom. The summed E-state index contributed by atoms with van der Waals surface area (Å²) in [5.74, 6) is 1.09. The summed E-state index contributed by atoms with van der Waals surface area (Å²) in [7, 11) is 3.43. The molecule has 7 heteroatoms. The number of alkyl halides is 3. The van der Waals surface area contributed by atoms with Gasteiger partial charge in [0, 0.05) is 32.2 Å². The number of likely N-dealkylation sites (tertiary alicyclic amines) is 1. The van der Waals surface area contributed by atoms with Crippen LogP contribution in [0.15, 0.2) is 42.5 Å². The summed E-state index contributed by atoms with van der Waals surface area (Å²) in [6.45, 7) is 5.07. The number of benzene rings is 2. The molecule has 174 valence electrons. The van der Waals surface area contributed by atoms with Crippen molar-refractivity contribution in [1.82, 2.24) is 9.80 Å². The summed E-state index contributed by atoms with van der Waals surface area (Å²) in [6, 6.07) is 11.0. The molecule has 1 aliphatic rings. The fourth-order valence-corrected chi connectivity index (χ4v) is 4.40. The molecule has 32 heavy (non-hydrogen) atoms. The van der Waals surface area contributed by atoms with Crippen molar-refractivity contribution in [2.45, 2.75) is 32.4 Å². The molecule has 1 aliphatic heterocycles. The number of methoxy groups -OCH3 is 1. The van der Waals surface area contributed by atoms with Gasteiger partial charge in [-0.05, 0) is 74.0 Å². The third kappa shape index (κ3) is 6.25. The second kappa shape index (κ2) is 10.4. The lowest BCUT2D eigenvalue weighted by atomic mass is 9.96. The minimum atomic E-state index is -4.31. The molecule has 0 radical (unpaired) electrons. The first-order chi connectivity index (χ1) is 15.2. The Hall–Kier alpha value is -2.54. The zero-order chi connectivity index (χ0) is 23.3. The third-order valence-corrected chi connectivity index (χ3v) is 6.09. The number of hydrogen-bond donors (Lipinski definition) is 0. The summed E-state index contributed by atoms with van der Waals surface area (Å²) in [5, 5.41) is 0. The van der Waals surface area contributed by atoms with Gasteiger partial charge in [-0.3, -0.25) is 4.79 Å². The van der Waals surface area contributed by atoms with Gasteiger partial charge in [-0.25, -0.2) is 0 Å². The Bertz CT molecular complexity index is 930. The first-order valence-corrected chi connectivity index (χ1v) is 11.0. The molecule has 1 heterocycles. The maximum atomic E-state index is 12.9. The van der Waals surface area contributed by atoms with Crippen LogP contribution in [0.1, 0.15) is 39.9 Å². The lowest BCUT2D eigenvalue weighted by Gasteiger charge is -2.34. The highest BCUT2D eigenvalue weighted by Crippen LogP contribution is 2.29. The van der Waals surface area contributed by atoms with Crippen LogP contribution in [-0.2, 0) is 12.6 Å². The standard InChI is InChI=1S/C25H31F3N2O2/c1-18-14-21(9-10-23(18)32-3)24(31)29(2)16-20-7-5-12-30(17-20)13-11-19-6-4-8-22(15-19)25(26,27)28/h4,6,8-10,14-15,20H,5,7,11-13,16-17H2,1-3H3. The van der Waals surface area contributed by atoms with Crippen molar-refractivity contribution in [2.24, 2.45) is 5.92 Å². The van der Waals surface area contributed by atoms with E-state index < -0.39 is 11.7 Å². The topological polar surface area (TPSA) is 32.8 Å². The van der Waals surface area contributed by atoms with Gasteiger partial charge < -0.3 is 14.5 Å². The molecule has 1 fully saturated rings. The number of halogens is 3. The third-order valence-electron chi connectivity index (χ3n) is 6.09. The predicted molar refractivity (Wildman–Crippen MR) is 119 cm³/mol. The minimum Gasteiger partial charge on any atom is -0.496 e. The Morgan fingerprint density at radius 3 is 2.69 bits per heavy atom. The summed E-state index contributed by atoms with van der Waals surface area (Å²) in [6.07, 6.45) is -1.67. The molecule has 0 saturated carbocycles. The van der Waals surface area contributed by atoms with Crippen LogP contribution in [0.3, 0.4) is 0 Å². The second-order valence-corrected chi connectivity index (χ2v) is 8.63. The van der Waals surface area contributed by atoms with Crippen LogP contribution >= 0.6 is 0 Å². The van der Waals surface area contributed by atoms with Crippen molar-refractivity contribution in [1.29, 1.82) is 0 Å². The molecular formula is C25H31F3N2O2. The van der Waals surface area contributed by atoms with Crippen molar-refractivity contribution in [3.63, 3.8) is 0 Å². The number of hydrogen-bond acceptors (Lipinski definition) is 3. The lowest BCUT2D eigenvalue weighted by Crippen LogP contribution is -2.42. The number of ether oxygens (including phenoxy) is 1. The minimum absolute atomic E-state index is 0.0168. The van der Waals surface area contributed by atoms with Gasteiger partial charge in [-0.2, -0.15) is 13.2 Å². The van der Waals surface area contributed by atoms with Crippen molar-refractivity contribution in [3.8, 4) is 5.75 Å². The highest BCUT2D eigenvalue weighted by Gasteiger charge is 2.30. The van der Waals surface area contributed by atoms with E-state index >= 15 is 0 Å². The fourth-order valence-electron chi connectivity index (χ4n) is 4.40. The average molecular weight is 449 g/mol. The van der Waals surface area contributed by atoms with Gasteiger partial charge in [0.2, 0.25) is 0 Å². The van der Waals surface area contributed by atoms with Crippen LogP contribution < -0.4 is 4.74 Å². The van der Waals surface area contributed by atoms with Crippen LogP contribution in [-0.4, -0.2) is 56.0 Å². The average Bonchev–Trinajstić information content (AvgIpc) is 2.77. The smallest absolute Gasteiger partial charge is 0.416 e. The van der Waals surface area contributed by atoms with Crippen molar-refractivity contribution >= 4 is 5.91 Å². The summed E-state index contributed by atoms with van der Waals surface area (Å²) in [5.41, 5.74) is 1.66. The normalized spacial score (nSPS) is 17.2. The highest BCUT2D eigenvalue weighted by atomic mass is 19.4. The molecule has 0 N–H and O–H groups in total. The van der Waals surface area contributed by atoms with Gasteiger partial charge in [0.05, 0.1) is 12.7 Å². The van der Waals surface area contributed by atoms with Crippen LogP contribution in [0.2, 0.25) is 0 Å². The van der Waals surface area contributed by atoms with Gasteiger partial charge in [-0.1, -0.05) is 18.2 Å². The molecule has 0 spiro atoms. The molecule has 0 aromatic heterocycles. The summed E-state index contributed by atoms with van der Waals surface area (Å²) < 4.78 is 44.1. The van der Waals surface area contributed by atoms with E-state index in [0.29, 0.717) is 36.6 Å². The molecule has 1 atom stereocenters. The van der Waals surface area contributed by atoms with E-state index in [2.05, 4.69) is 4.90 Å². The number of carbonyl (C=O) groups is 1. The maximum absolute atomic E-state index is 12.9. The molecule has 1 unspecified atom stereocenters. The molecule has 2 aromatic rings. The van der Waals surface area contributed by atoms with Crippen molar-refractivity contribution in [3.05, 3.63) is 64.7 Å². The largest absolute Gasteiger partial charge is 0.496 e. The van der Waals surface area contributed by atoms with Gasteiger partial charge >= 0.3 is 6.18 Å². The fraction of sp³-hybridized carbons (Fsp3) is 0.480. The monoisotopic (exact) mass is 448 g/mol. The van der Waals surface area contributed by atoms with E-state index in [1.54, 1.807) is 24.1 Å². The van der Waals surface area contributed by atoms with Crippen LogP contribution in [0, 0.1) is 12.8 Å². The predicted octanol–water partition coefficient (Wildman–Crippen LogP) is 5.05. The quantitative estimate of drug-likeness (QED) is 0.594. The first kappa shape index (κ1) is 24.1. The number of rotatable bonds is 7. The number of carbonyl (C=O) groups excluding carboxylic acids is 1. The van der Waals surface area contributed by atoms with Gasteiger partial charge in [-0.15, -0.1) is 0 Å². The first-order valence-electron chi connectivity index (χ1n) is 11.0. The number of nitrogens with zero attached hydrogens (tertiary/aromatic N) is 2.